The minimum atomic E-state index is -0.826. The molecule has 0 bridgehead atoms. The Morgan fingerprint density at radius 2 is 2.20 bits per heavy atom. The van der Waals surface area contributed by atoms with Crippen LogP contribution >= 0.6 is 0 Å². The first-order valence-corrected chi connectivity index (χ1v) is 8.22. The van der Waals surface area contributed by atoms with Gasteiger partial charge in [-0.2, -0.15) is 5.10 Å². The standard InChI is InChI=1S/C18H18FN5O/c19-16-3-4-24(10-16)11-18(25)23-17-6-14-5-12(15-8-21-22-9-15)1-2-13(14)7-20-17/h1-2,5-9,16H,3-4,10-11H2,(H,21,22)(H,20,23,25). The number of pyridine rings is 1. The fourth-order valence-electron chi connectivity index (χ4n) is 3.11. The van der Waals surface area contributed by atoms with Gasteiger partial charge in [-0.1, -0.05) is 12.1 Å². The smallest absolute Gasteiger partial charge is 0.239 e. The molecule has 2 aromatic heterocycles. The summed E-state index contributed by atoms with van der Waals surface area (Å²) in [6.45, 7) is 1.13. The van der Waals surface area contributed by atoms with Crippen molar-refractivity contribution in [2.45, 2.75) is 12.6 Å². The van der Waals surface area contributed by atoms with Gasteiger partial charge in [0.15, 0.2) is 0 Å². The average molecular weight is 339 g/mol. The number of hydrogen-bond acceptors (Lipinski definition) is 4. The topological polar surface area (TPSA) is 73.9 Å². The molecular formula is C18H18FN5O. The van der Waals surface area contributed by atoms with Crippen LogP contribution in [-0.4, -0.2) is 51.8 Å². The van der Waals surface area contributed by atoms with Crippen LogP contribution in [0, 0.1) is 0 Å². The zero-order valence-corrected chi connectivity index (χ0v) is 13.6. The first-order chi connectivity index (χ1) is 12.2. The maximum absolute atomic E-state index is 13.2. The van der Waals surface area contributed by atoms with E-state index < -0.39 is 6.17 Å². The zero-order valence-electron chi connectivity index (χ0n) is 13.6. The highest BCUT2D eigenvalue weighted by Gasteiger charge is 2.23. The number of alkyl halides is 1. The number of aromatic amines is 1. The summed E-state index contributed by atoms with van der Waals surface area (Å²) in [7, 11) is 0. The Morgan fingerprint density at radius 3 is 2.96 bits per heavy atom. The highest BCUT2D eigenvalue weighted by atomic mass is 19.1. The number of nitrogens with one attached hydrogen (secondary N) is 2. The van der Waals surface area contributed by atoms with Crippen LogP contribution in [0.2, 0.25) is 0 Å². The number of carbonyl (C=O) groups is 1. The molecule has 3 aromatic rings. The van der Waals surface area contributed by atoms with Crippen LogP contribution in [-0.2, 0) is 4.79 Å². The van der Waals surface area contributed by atoms with E-state index in [4.69, 9.17) is 0 Å². The molecule has 1 saturated heterocycles. The van der Waals surface area contributed by atoms with Gasteiger partial charge in [0.05, 0.1) is 12.7 Å². The zero-order chi connectivity index (χ0) is 17.2. The molecule has 128 valence electrons. The van der Waals surface area contributed by atoms with Gasteiger partial charge in [0, 0.05) is 36.4 Å². The quantitative estimate of drug-likeness (QED) is 0.766. The maximum Gasteiger partial charge on any atom is 0.239 e. The van der Waals surface area contributed by atoms with E-state index in [-0.39, 0.29) is 12.5 Å². The number of H-pyrrole nitrogens is 1. The van der Waals surface area contributed by atoms with E-state index in [9.17, 15) is 9.18 Å². The molecule has 7 heteroatoms. The Kier molecular flexibility index (Phi) is 4.15. The Morgan fingerprint density at radius 1 is 1.28 bits per heavy atom. The molecule has 3 heterocycles. The Balaban J connectivity index is 1.50. The first-order valence-electron chi connectivity index (χ1n) is 8.22. The van der Waals surface area contributed by atoms with Crippen molar-refractivity contribution in [3.05, 3.63) is 42.9 Å². The number of fused-ring (bicyclic) bond motifs is 1. The maximum atomic E-state index is 13.2. The molecule has 1 unspecified atom stereocenters. The van der Waals surface area contributed by atoms with Crippen LogP contribution in [0.5, 0.6) is 0 Å². The number of rotatable bonds is 4. The summed E-state index contributed by atoms with van der Waals surface area (Å²) >= 11 is 0. The van der Waals surface area contributed by atoms with Crippen LogP contribution in [0.15, 0.2) is 42.9 Å². The van der Waals surface area contributed by atoms with E-state index in [1.54, 1.807) is 12.4 Å². The summed E-state index contributed by atoms with van der Waals surface area (Å²) in [5, 5.41) is 11.5. The predicted molar refractivity (Wildman–Crippen MR) is 93.9 cm³/mol. The molecular weight excluding hydrogens is 321 g/mol. The summed E-state index contributed by atoms with van der Waals surface area (Å²) in [6.07, 6.45) is 5.00. The molecule has 0 spiro atoms. The lowest BCUT2D eigenvalue weighted by Crippen LogP contribution is -2.32. The Bertz CT molecular complexity index is 896. The van der Waals surface area contributed by atoms with Gasteiger partial charge in [0.1, 0.15) is 12.0 Å². The molecule has 0 radical (unpaired) electrons. The van der Waals surface area contributed by atoms with Gasteiger partial charge in [-0.25, -0.2) is 9.37 Å². The summed E-state index contributed by atoms with van der Waals surface area (Å²) in [5.74, 6) is 0.324. The normalized spacial score (nSPS) is 17.9. The summed E-state index contributed by atoms with van der Waals surface area (Å²) < 4.78 is 13.2. The van der Waals surface area contributed by atoms with E-state index >= 15 is 0 Å². The van der Waals surface area contributed by atoms with Gasteiger partial charge in [0.25, 0.3) is 0 Å². The number of anilines is 1. The van der Waals surface area contributed by atoms with Crippen LogP contribution in [0.3, 0.4) is 0 Å². The van der Waals surface area contributed by atoms with Crippen molar-refractivity contribution in [3.63, 3.8) is 0 Å². The van der Waals surface area contributed by atoms with Gasteiger partial charge in [-0.15, -0.1) is 0 Å². The molecule has 1 aromatic carbocycles. The number of aromatic nitrogens is 3. The fraction of sp³-hybridized carbons (Fsp3) is 0.278. The van der Waals surface area contributed by atoms with Gasteiger partial charge in [-0.3, -0.25) is 14.8 Å². The molecule has 4 rings (SSSR count). The fourth-order valence-corrected chi connectivity index (χ4v) is 3.11. The predicted octanol–water partition coefficient (Wildman–Crippen LogP) is 2.61. The highest BCUT2D eigenvalue weighted by Crippen LogP contribution is 2.24. The second kappa shape index (κ2) is 6.60. The van der Waals surface area contributed by atoms with Crippen molar-refractivity contribution in [3.8, 4) is 11.1 Å². The number of likely N-dealkylation sites (tertiary alicyclic amines) is 1. The highest BCUT2D eigenvalue weighted by molar-refractivity contribution is 5.94. The molecule has 0 aliphatic carbocycles. The largest absolute Gasteiger partial charge is 0.310 e. The molecule has 1 amide bonds. The van der Waals surface area contributed by atoms with E-state index in [0.29, 0.717) is 25.3 Å². The second-order valence-electron chi connectivity index (χ2n) is 6.29. The van der Waals surface area contributed by atoms with Crippen molar-refractivity contribution in [1.82, 2.24) is 20.1 Å². The number of hydrogen-bond donors (Lipinski definition) is 2. The number of carbonyl (C=O) groups excluding carboxylic acids is 1. The van der Waals surface area contributed by atoms with Crippen LogP contribution in [0.25, 0.3) is 21.9 Å². The number of halogens is 1. The van der Waals surface area contributed by atoms with E-state index in [1.807, 2.05) is 35.4 Å². The summed E-state index contributed by atoms with van der Waals surface area (Å²) in [6, 6.07) is 7.88. The summed E-state index contributed by atoms with van der Waals surface area (Å²) in [4.78, 5) is 18.2. The molecule has 6 nitrogen and oxygen atoms in total. The third-order valence-corrected chi connectivity index (χ3v) is 4.40. The average Bonchev–Trinajstić information content (AvgIpc) is 3.26. The van der Waals surface area contributed by atoms with Crippen molar-refractivity contribution >= 4 is 22.5 Å². The third kappa shape index (κ3) is 3.51. The van der Waals surface area contributed by atoms with Crippen molar-refractivity contribution in [2.75, 3.05) is 25.0 Å². The van der Waals surface area contributed by atoms with E-state index in [0.717, 1.165) is 21.9 Å². The van der Waals surface area contributed by atoms with Gasteiger partial charge in [0.2, 0.25) is 5.91 Å². The first kappa shape index (κ1) is 15.7. The van der Waals surface area contributed by atoms with E-state index in [1.165, 1.54) is 0 Å². The summed E-state index contributed by atoms with van der Waals surface area (Å²) in [5.41, 5.74) is 2.04. The second-order valence-corrected chi connectivity index (χ2v) is 6.29. The number of nitrogens with zero attached hydrogens (tertiary/aromatic N) is 3. The minimum absolute atomic E-state index is 0.174. The van der Waals surface area contributed by atoms with Crippen molar-refractivity contribution in [2.24, 2.45) is 0 Å². The van der Waals surface area contributed by atoms with E-state index in [2.05, 4.69) is 20.5 Å². The van der Waals surface area contributed by atoms with Gasteiger partial charge in [-0.05, 0) is 29.5 Å². The molecule has 0 saturated carbocycles. The van der Waals surface area contributed by atoms with Crippen molar-refractivity contribution < 1.29 is 9.18 Å². The van der Waals surface area contributed by atoms with Gasteiger partial charge >= 0.3 is 0 Å². The molecule has 1 aliphatic heterocycles. The molecule has 1 atom stereocenters. The van der Waals surface area contributed by atoms with Crippen LogP contribution in [0.1, 0.15) is 6.42 Å². The molecule has 25 heavy (non-hydrogen) atoms. The van der Waals surface area contributed by atoms with Crippen LogP contribution in [0.4, 0.5) is 10.2 Å². The van der Waals surface area contributed by atoms with Crippen LogP contribution < -0.4 is 5.32 Å². The SMILES string of the molecule is O=C(CN1CCC(F)C1)Nc1cc2cc(-c3cn[nH]c3)ccc2cn1. The third-order valence-electron chi connectivity index (χ3n) is 4.40. The molecule has 2 N–H and O–H groups in total. The lowest BCUT2D eigenvalue weighted by Gasteiger charge is -2.14. The Hall–Kier alpha value is -2.80. The molecule has 1 aliphatic rings. The lowest BCUT2D eigenvalue weighted by molar-refractivity contribution is -0.117. The van der Waals surface area contributed by atoms with Gasteiger partial charge < -0.3 is 5.32 Å². The lowest BCUT2D eigenvalue weighted by atomic mass is 10.1. The number of amides is 1. The minimum Gasteiger partial charge on any atom is -0.310 e. The van der Waals surface area contributed by atoms with Crippen molar-refractivity contribution in [1.29, 1.82) is 0 Å². The number of benzene rings is 1. The monoisotopic (exact) mass is 339 g/mol. The Labute approximate surface area is 144 Å². The molecule has 1 fully saturated rings.